The highest BCUT2D eigenvalue weighted by Crippen LogP contribution is 2.15. The van der Waals surface area contributed by atoms with Gasteiger partial charge in [0.05, 0.1) is 7.11 Å². The number of carbonyl (C=O) groups excluding carboxylic acids is 1. The van der Waals surface area contributed by atoms with E-state index in [1.54, 1.807) is 4.90 Å². The number of hydrogen-bond donors (Lipinski definition) is 1. The molecule has 1 fully saturated rings. The number of nitrogens with zero attached hydrogens (tertiary/aromatic N) is 1. The highest BCUT2D eigenvalue weighted by atomic mass is 16.5. The van der Waals surface area contributed by atoms with Gasteiger partial charge < -0.3 is 14.7 Å². The van der Waals surface area contributed by atoms with Gasteiger partial charge in [-0.2, -0.15) is 0 Å². The van der Waals surface area contributed by atoms with Gasteiger partial charge in [-0.1, -0.05) is 0 Å². The summed E-state index contributed by atoms with van der Waals surface area (Å²) in [5.74, 6) is 0.234. The SMILES string of the molecule is COC(=O)N1CCCC(CO)C1. The van der Waals surface area contributed by atoms with Gasteiger partial charge in [-0.25, -0.2) is 4.79 Å². The molecule has 70 valence electrons. The van der Waals surface area contributed by atoms with Crippen molar-refractivity contribution in [3.63, 3.8) is 0 Å². The normalized spacial score (nSPS) is 23.8. The third-order valence-corrected chi connectivity index (χ3v) is 2.21. The molecule has 1 rings (SSSR count). The minimum Gasteiger partial charge on any atom is -0.453 e. The van der Waals surface area contributed by atoms with Crippen molar-refractivity contribution in [2.24, 2.45) is 5.92 Å². The van der Waals surface area contributed by atoms with Crippen molar-refractivity contribution in [3.8, 4) is 0 Å². The summed E-state index contributed by atoms with van der Waals surface area (Å²) < 4.78 is 4.59. The molecule has 12 heavy (non-hydrogen) atoms. The van der Waals surface area contributed by atoms with Crippen LogP contribution in [0.15, 0.2) is 0 Å². The van der Waals surface area contributed by atoms with Crippen molar-refractivity contribution in [1.82, 2.24) is 4.90 Å². The van der Waals surface area contributed by atoms with Crippen LogP contribution in [-0.2, 0) is 4.74 Å². The van der Waals surface area contributed by atoms with E-state index in [-0.39, 0.29) is 18.6 Å². The molecule has 0 aromatic carbocycles. The largest absolute Gasteiger partial charge is 0.453 e. The lowest BCUT2D eigenvalue weighted by molar-refractivity contribution is 0.0868. The third-order valence-electron chi connectivity index (χ3n) is 2.21. The summed E-state index contributed by atoms with van der Waals surface area (Å²) in [7, 11) is 1.38. The lowest BCUT2D eigenvalue weighted by Gasteiger charge is -2.30. The van der Waals surface area contributed by atoms with Crippen molar-refractivity contribution >= 4 is 6.09 Å². The second kappa shape index (κ2) is 4.30. The number of aliphatic hydroxyl groups is 1. The van der Waals surface area contributed by atoms with Crippen molar-refractivity contribution in [1.29, 1.82) is 0 Å². The first-order valence-electron chi connectivity index (χ1n) is 4.21. The Morgan fingerprint density at radius 1 is 1.75 bits per heavy atom. The van der Waals surface area contributed by atoms with Crippen molar-refractivity contribution in [2.75, 3.05) is 26.8 Å². The van der Waals surface area contributed by atoms with Crippen molar-refractivity contribution < 1.29 is 14.6 Å². The van der Waals surface area contributed by atoms with Gasteiger partial charge in [-0.05, 0) is 18.8 Å². The van der Waals surface area contributed by atoms with Crippen LogP contribution in [0.5, 0.6) is 0 Å². The maximum absolute atomic E-state index is 11.1. The zero-order valence-corrected chi connectivity index (χ0v) is 7.32. The van der Waals surface area contributed by atoms with E-state index in [1.165, 1.54) is 7.11 Å². The van der Waals surface area contributed by atoms with Crippen LogP contribution >= 0.6 is 0 Å². The van der Waals surface area contributed by atoms with Gasteiger partial charge in [-0.3, -0.25) is 0 Å². The lowest BCUT2D eigenvalue weighted by Crippen LogP contribution is -2.40. The molecule has 1 aliphatic rings. The van der Waals surface area contributed by atoms with Gasteiger partial charge in [0, 0.05) is 19.7 Å². The monoisotopic (exact) mass is 173 g/mol. The van der Waals surface area contributed by atoms with Crippen molar-refractivity contribution in [3.05, 3.63) is 0 Å². The number of ether oxygens (including phenoxy) is 1. The van der Waals surface area contributed by atoms with E-state index in [9.17, 15) is 4.79 Å². The summed E-state index contributed by atoms with van der Waals surface area (Å²) in [5, 5.41) is 8.88. The molecule has 1 N–H and O–H groups in total. The first-order valence-corrected chi connectivity index (χ1v) is 4.21. The Balaban J connectivity index is 2.40. The number of likely N-dealkylation sites (tertiary alicyclic amines) is 1. The molecule has 4 nitrogen and oxygen atoms in total. The Morgan fingerprint density at radius 2 is 2.50 bits per heavy atom. The molecule has 1 unspecified atom stereocenters. The van der Waals surface area contributed by atoms with Gasteiger partial charge in [0.15, 0.2) is 0 Å². The number of amides is 1. The van der Waals surface area contributed by atoms with E-state index < -0.39 is 0 Å². The summed E-state index contributed by atoms with van der Waals surface area (Å²) in [6, 6.07) is 0. The molecule has 0 aromatic rings. The van der Waals surface area contributed by atoms with E-state index in [2.05, 4.69) is 4.74 Å². The third kappa shape index (κ3) is 2.11. The molecular formula is C8H15NO3. The number of hydrogen-bond acceptors (Lipinski definition) is 3. The molecule has 0 bridgehead atoms. The standard InChI is InChI=1S/C8H15NO3/c1-12-8(11)9-4-2-3-7(5-9)6-10/h7,10H,2-6H2,1H3. The summed E-state index contributed by atoms with van der Waals surface area (Å²) in [6.45, 7) is 1.54. The predicted molar refractivity (Wildman–Crippen MR) is 43.8 cm³/mol. The van der Waals surface area contributed by atoms with Gasteiger partial charge in [-0.15, -0.1) is 0 Å². The highest BCUT2D eigenvalue weighted by Gasteiger charge is 2.23. The van der Waals surface area contributed by atoms with Crippen LogP contribution in [0.1, 0.15) is 12.8 Å². The Bertz CT molecular complexity index is 160. The molecule has 4 heteroatoms. The quantitative estimate of drug-likeness (QED) is 0.626. The van der Waals surface area contributed by atoms with Gasteiger partial charge in [0.2, 0.25) is 0 Å². The van der Waals surface area contributed by atoms with Crippen LogP contribution in [0.25, 0.3) is 0 Å². The minimum atomic E-state index is -0.284. The minimum absolute atomic E-state index is 0.160. The van der Waals surface area contributed by atoms with Crippen LogP contribution in [0, 0.1) is 5.92 Å². The summed E-state index contributed by atoms with van der Waals surface area (Å²) >= 11 is 0. The van der Waals surface area contributed by atoms with Crippen LogP contribution in [0.2, 0.25) is 0 Å². The van der Waals surface area contributed by atoms with Gasteiger partial charge in [0.1, 0.15) is 0 Å². The molecular weight excluding hydrogens is 158 g/mol. The molecule has 1 heterocycles. The first-order chi connectivity index (χ1) is 5.77. The average Bonchev–Trinajstić information content (AvgIpc) is 2.17. The molecule has 0 aliphatic carbocycles. The Morgan fingerprint density at radius 3 is 3.08 bits per heavy atom. The molecule has 0 aromatic heterocycles. The van der Waals surface area contributed by atoms with E-state index in [0.717, 1.165) is 19.4 Å². The van der Waals surface area contributed by atoms with Crippen LogP contribution in [-0.4, -0.2) is 42.9 Å². The lowest BCUT2D eigenvalue weighted by atomic mass is 10.00. The topological polar surface area (TPSA) is 49.8 Å². The number of aliphatic hydroxyl groups excluding tert-OH is 1. The van der Waals surface area contributed by atoms with E-state index in [1.807, 2.05) is 0 Å². The maximum Gasteiger partial charge on any atom is 0.409 e. The van der Waals surface area contributed by atoms with Crippen LogP contribution in [0.4, 0.5) is 4.79 Å². The zero-order valence-electron chi connectivity index (χ0n) is 7.32. The van der Waals surface area contributed by atoms with E-state index in [0.29, 0.717) is 6.54 Å². The van der Waals surface area contributed by atoms with Gasteiger partial charge >= 0.3 is 6.09 Å². The fourth-order valence-electron chi connectivity index (χ4n) is 1.51. The fourth-order valence-corrected chi connectivity index (χ4v) is 1.51. The smallest absolute Gasteiger partial charge is 0.409 e. The van der Waals surface area contributed by atoms with Crippen molar-refractivity contribution in [2.45, 2.75) is 12.8 Å². The zero-order chi connectivity index (χ0) is 8.97. The highest BCUT2D eigenvalue weighted by molar-refractivity contribution is 5.67. The molecule has 1 saturated heterocycles. The fraction of sp³-hybridized carbons (Fsp3) is 0.875. The summed E-state index contributed by atoms with van der Waals surface area (Å²) in [5.41, 5.74) is 0. The number of methoxy groups -OCH3 is 1. The average molecular weight is 173 g/mol. The molecule has 1 amide bonds. The van der Waals surface area contributed by atoms with E-state index >= 15 is 0 Å². The summed E-state index contributed by atoms with van der Waals surface area (Å²) in [4.78, 5) is 12.7. The van der Waals surface area contributed by atoms with E-state index in [4.69, 9.17) is 5.11 Å². The number of carbonyl (C=O) groups is 1. The Kier molecular flexibility index (Phi) is 3.34. The van der Waals surface area contributed by atoms with Gasteiger partial charge in [0.25, 0.3) is 0 Å². The summed E-state index contributed by atoms with van der Waals surface area (Å²) in [6.07, 6.45) is 1.68. The molecule has 0 saturated carbocycles. The predicted octanol–water partition coefficient (Wildman–Crippen LogP) is 0.457. The number of rotatable bonds is 1. The molecule has 1 aliphatic heterocycles. The molecule has 0 spiro atoms. The Labute approximate surface area is 72.1 Å². The Hall–Kier alpha value is -0.770. The molecule has 0 radical (unpaired) electrons. The molecule has 1 atom stereocenters. The van der Waals surface area contributed by atoms with Crippen LogP contribution < -0.4 is 0 Å². The second-order valence-electron chi connectivity index (χ2n) is 3.11. The van der Waals surface area contributed by atoms with Crippen LogP contribution in [0.3, 0.4) is 0 Å². The first kappa shape index (κ1) is 9.32. The second-order valence-corrected chi connectivity index (χ2v) is 3.11. The maximum atomic E-state index is 11.1. The number of piperidine rings is 1.